The van der Waals surface area contributed by atoms with Gasteiger partial charge >= 0.3 is 0 Å². The average Bonchev–Trinajstić information content (AvgIpc) is 3.49. The number of thiazole rings is 1. The van der Waals surface area contributed by atoms with Gasteiger partial charge in [0.15, 0.2) is 0 Å². The molecular weight excluding hydrogens is 498 g/mol. The lowest BCUT2D eigenvalue weighted by molar-refractivity contribution is -0.142. The SMILES string of the molecule is Cc1ncsc1-c1ccc(CNC(=O)[C@@H]2C[C@@H](O)CN2C(=O)[C@@H](NCCCCCCCN)C(C)(C)C)cc1. The van der Waals surface area contributed by atoms with E-state index in [-0.39, 0.29) is 30.2 Å². The van der Waals surface area contributed by atoms with Gasteiger partial charge in [-0.1, -0.05) is 64.3 Å². The number of carbonyl (C=O) groups is 2. The normalized spacial score (nSPS) is 18.5. The van der Waals surface area contributed by atoms with Crippen molar-refractivity contribution < 1.29 is 14.7 Å². The van der Waals surface area contributed by atoms with E-state index < -0.39 is 18.2 Å². The molecule has 1 aromatic carbocycles. The lowest BCUT2D eigenvalue weighted by atomic mass is 9.85. The zero-order chi connectivity index (χ0) is 27.7. The Labute approximate surface area is 231 Å². The van der Waals surface area contributed by atoms with Gasteiger partial charge in [-0.05, 0) is 49.4 Å². The number of rotatable bonds is 13. The van der Waals surface area contributed by atoms with Crippen molar-refractivity contribution >= 4 is 23.2 Å². The standard InChI is InChI=1S/C29H45N5O3S/c1-20-25(38-19-33-20)22-12-10-21(11-13-22)17-32-27(36)24-16-23(35)18-34(24)28(37)26(29(2,3)4)31-15-9-7-5-6-8-14-30/h10-13,19,23-24,26,31,35H,5-9,14-18,30H2,1-4H3,(H,32,36)/t23-,24+,26-/m1/s1. The summed E-state index contributed by atoms with van der Waals surface area (Å²) in [6.07, 6.45) is 4.94. The van der Waals surface area contributed by atoms with Crippen LogP contribution in [0.15, 0.2) is 29.8 Å². The summed E-state index contributed by atoms with van der Waals surface area (Å²) < 4.78 is 0. The van der Waals surface area contributed by atoms with Crippen molar-refractivity contribution in [3.05, 3.63) is 41.0 Å². The predicted octanol–water partition coefficient (Wildman–Crippen LogP) is 3.61. The molecular formula is C29H45N5O3S. The smallest absolute Gasteiger partial charge is 0.243 e. The molecule has 8 nitrogen and oxygen atoms in total. The Bertz CT molecular complexity index is 1030. The van der Waals surface area contributed by atoms with Crippen LogP contribution in [0.3, 0.4) is 0 Å². The highest BCUT2D eigenvalue weighted by atomic mass is 32.1. The molecule has 2 heterocycles. The number of aliphatic hydroxyl groups excluding tert-OH is 1. The van der Waals surface area contributed by atoms with Gasteiger partial charge in [0.2, 0.25) is 11.8 Å². The van der Waals surface area contributed by atoms with E-state index in [9.17, 15) is 14.7 Å². The number of nitrogens with two attached hydrogens (primary N) is 1. The van der Waals surface area contributed by atoms with Gasteiger partial charge in [-0.3, -0.25) is 9.59 Å². The maximum Gasteiger partial charge on any atom is 0.243 e. The minimum absolute atomic E-state index is 0.124. The third-order valence-corrected chi connectivity index (χ3v) is 8.11. The van der Waals surface area contributed by atoms with Crippen LogP contribution in [0.4, 0.5) is 0 Å². The summed E-state index contributed by atoms with van der Waals surface area (Å²) in [5.74, 6) is -0.355. The number of β-amino-alcohol motifs (C(OH)–C–C–N with tert-alkyl or cyclic N) is 1. The molecule has 0 unspecified atom stereocenters. The van der Waals surface area contributed by atoms with Gasteiger partial charge in [-0.25, -0.2) is 4.98 Å². The molecule has 0 bridgehead atoms. The van der Waals surface area contributed by atoms with E-state index >= 15 is 0 Å². The molecule has 38 heavy (non-hydrogen) atoms. The van der Waals surface area contributed by atoms with E-state index in [0.717, 1.165) is 66.9 Å². The van der Waals surface area contributed by atoms with Crippen LogP contribution in [-0.2, 0) is 16.1 Å². The monoisotopic (exact) mass is 543 g/mol. The van der Waals surface area contributed by atoms with Gasteiger partial charge in [0.25, 0.3) is 0 Å². The van der Waals surface area contributed by atoms with Gasteiger partial charge in [-0.2, -0.15) is 0 Å². The summed E-state index contributed by atoms with van der Waals surface area (Å²) in [6, 6.07) is 6.95. The summed E-state index contributed by atoms with van der Waals surface area (Å²) >= 11 is 1.61. The highest BCUT2D eigenvalue weighted by Crippen LogP contribution is 2.28. The number of aliphatic hydroxyl groups is 1. The predicted molar refractivity (Wildman–Crippen MR) is 154 cm³/mol. The van der Waals surface area contributed by atoms with Crippen molar-refractivity contribution in [3.63, 3.8) is 0 Å². The number of nitrogens with zero attached hydrogens (tertiary/aromatic N) is 2. The van der Waals surface area contributed by atoms with E-state index in [1.165, 1.54) is 0 Å². The maximum absolute atomic E-state index is 13.7. The van der Waals surface area contributed by atoms with Crippen LogP contribution in [0.1, 0.15) is 70.6 Å². The Morgan fingerprint density at radius 3 is 2.47 bits per heavy atom. The van der Waals surface area contributed by atoms with Gasteiger partial charge in [0, 0.05) is 19.5 Å². The molecule has 1 aliphatic rings. The van der Waals surface area contributed by atoms with E-state index in [1.807, 2.05) is 57.5 Å². The first-order chi connectivity index (χ1) is 18.1. The van der Waals surface area contributed by atoms with Crippen molar-refractivity contribution in [2.75, 3.05) is 19.6 Å². The Balaban J connectivity index is 1.57. The van der Waals surface area contributed by atoms with Crippen LogP contribution in [0.25, 0.3) is 10.4 Å². The van der Waals surface area contributed by atoms with Gasteiger partial charge in [0.1, 0.15) is 6.04 Å². The molecule has 0 aliphatic carbocycles. The molecule has 5 N–H and O–H groups in total. The van der Waals surface area contributed by atoms with E-state index in [0.29, 0.717) is 6.54 Å². The molecule has 2 amide bonds. The van der Waals surface area contributed by atoms with E-state index in [4.69, 9.17) is 5.73 Å². The zero-order valence-corrected chi connectivity index (χ0v) is 24.2. The molecule has 1 saturated heterocycles. The lowest BCUT2D eigenvalue weighted by Crippen LogP contribution is -2.56. The number of benzene rings is 1. The number of hydrogen-bond donors (Lipinski definition) is 4. The number of aryl methyl sites for hydroxylation is 1. The fraction of sp³-hybridized carbons (Fsp3) is 0.621. The first-order valence-electron chi connectivity index (χ1n) is 13.8. The number of carbonyl (C=O) groups excluding carboxylic acids is 2. The topological polar surface area (TPSA) is 121 Å². The number of likely N-dealkylation sites (tertiary alicyclic amines) is 1. The summed E-state index contributed by atoms with van der Waals surface area (Å²) in [5, 5.41) is 16.8. The first-order valence-corrected chi connectivity index (χ1v) is 14.7. The van der Waals surface area contributed by atoms with Crippen molar-refractivity contribution in [2.24, 2.45) is 11.1 Å². The van der Waals surface area contributed by atoms with Gasteiger partial charge < -0.3 is 26.4 Å². The number of aromatic nitrogens is 1. The third-order valence-electron chi connectivity index (χ3n) is 7.14. The zero-order valence-electron chi connectivity index (χ0n) is 23.3. The van der Waals surface area contributed by atoms with Crippen molar-refractivity contribution in [3.8, 4) is 10.4 Å². The molecule has 2 aromatic rings. The number of nitrogens with one attached hydrogen (secondary N) is 2. The van der Waals surface area contributed by atoms with Crippen LogP contribution in [0.2, 0.25) is 0 Å². The largest absolute Gasteiger partial charge is 0.391 e. The summed E-state index contributed by atoms with van der Waals surface area (Å²) in [6.45, 7) is 10.1. The van der Waals surface area contributed by atoms with E-state index in [1.54, 1.807) is 16.2 Å². The Hall–Kier alpha value is -2.33. The summed E-state index contributed by atoms with van der Waals surface area (Å²) in [4.78, 5) is 33.9. The lowest BCUT2D eigenvalue weighted by Gasteiger charge is -2.35. The third kappa shape index (κ3) is 8.33. The van der Waals surface area contributed by atoms with Crippen molar-refractivity contribution in [1.29, 1.82) is 0 Å². The van der Waals surface area contributed by atoms with Crippen molar-refractivity contribution in [1.82, 2.24) is 20.5 Å². The van der Waals surface area contributed by atoms with Gasteiger partial charge in [0.05, 0.1) is 28.2 Å². The molecule has 0 spiro atoms. The summed E-state index contributed by atoms with van der Waals surface area (Å²) in [7, 11) is 0. The quantitative estimate of drug-likeness (QED) is 0.287. The second-order valence-corrected chi connectivity index (χ2v) is 12.2. The number of amides is 2. The Morgan fingerprint density at radius 2 is 1.84 bits per heavy atom. The summed E-state index contributed by atoms with van der Waals surface area (Å²) in [5.41, 5.74) is 10.2. The molecule has 1 aromatic heterocycles. The maximum atomic E-state index is 13.7. The molecule has 0 saturated carbocycles. The highest BCUT2D eigenvalue weighted by molar-refractivity contribution is 7.13. The molecule has 1 fully saturated rings. The molecule has 210 valence electrons. The second-order valence-electron chi connectivity index (χ2n) is 11.4. The fourth-order valence-corrected chi connectivity index (χ4v) is 5.75. The van der Waals surface area contributed by atoms with Crippen LogP contribution in [0.5, 0.6) is 0 Å². The minimum atomic E-state index is -0.709. The van der Waals surface area contributed by atoms with Crippen LogP contribution in [-0.4, -0.2) is 64.6 Å². The number of hydrogen-bond acceptors (Lipinski definition) is 7. The second kappa shape index (κ2) is 14.2. The number of unbranched alkanes of at least 4 members (excludes halogenated alkanes) is 4. The minimum Gasteiger partial charge on any atom is -0.391 e. The Kier molecular flexibility index (Phi) is 11.3. The van der Waals surface area contributed by atoms with Crippen LogP contribution >= 0.6 is 11.3 Å². The van der Waals surface area contributed by atoms with Gasteiger partial charge in [-0.15, -0.1) is 11.3 Å². The van der Waals surface area contributed by atoms with Crippen LogP contribution in [0, 0.1) is 12.3 Å². The molecule has 1 aliphatic heterocycles. The fourth-order valence-electron chi connectivity index (χ4n) is 4.94. The van der Waals surface area contributed by atoms with Crippen molar-refractivity contribution in [2.45, 2.75) is 91.0 Å². The molecule has 9 heteroatoms. The molecule has 0 radical (unpaired) electrons. The average molecular weight is 544 g/mol. The highest BCUT2D eigenvalue weighted by Gasteiger charge is 2.43. The van der Waals surface area contributed by atoms with E-state index in [2.05, 4.69) is 15.6 Å². The molecule has 3 rings (SSSR count). The Morgan fingerprint density at radius 1 is 1.16 bits per heavy atom. The molecule has 3 atom stereocenters. The first kappa shape index (κ1) is 30.2. The van der Waals surface area contributed by atoms with Crippen LogP contribution < -0.4 is 16.4 Å².